The van der Waals surface area contributed by atoms with Gasteiger partial charge in [-0.3, -0.25) is 4.79 Å². The van der Waals surface area contributed by atoms with E-state index in [1.807, 2.05) is 0 Å². The number of carboxylic acids is 1. The second-order valence-electron chi connectivity index (χ2n) is 3.32. The van der Waals surface area contributed by atoms with Gasteiger partial charge in [-0.25, -0.2) is 0 Å². The first-order valence-electron chi connectivity index (χ1n) is 4.61. The van der Waals surface area contributed by atoms with E-state index >= 15 is 0 Å². The molecule has 0 amide bonds. The molecule has 0 aliphatic rings. The fourth-order valence-electron chi connectivity index (χ4n) is 1.25. The molecular formula is C10H10F3NO3. The number of carbonyl (C=O) groups is 1. The number of halogens is 3. The second kappa shape index (κ2) is 5.05. The second-order valence-corrected chi connectivity index (χ2v) is 3.32. The summed E-state index contributed by atoms with van der Waals surface area (Å²) in [5.41, 5.74) is 5.78. The lowest BCUT2D eigenvalue weighted by molar-refractivity contribution is -0.274. The Labute approximate surface area is 94.8 Å². The lowest BCUT2D eigenvalue weighted by atomic mass is 10.0. The summed E-state index contributed by atoms with van der Waals surface area (Å²) in [5.74, 6) is -1.55. The molecule has 1 aromatic rings. The van der Waals surface area contributed by atoms with Crippen molar-refractivity contribution in [1.29, 1.82) is 0 Å². The number of aliphatic carboxylic acids is 1. The predicted octanol–water partition coefficient (Wildman–Crippen LogP) is 2.06. The van der Waals surface area contributed by atoms with Gasteiger partial charge in [0.05, 0.1) is 6.42 Å². The summed E-state index contributed by atoms with van der Waals surface area (Å²) in [5, 5.41) is 8.51. The van der Waals surface area contributed by atoms with E-state index in [4.69, 9.17) is 10.8 Å². The van der Waals surface area contributed by atoms with Gasteiger partial charge in [-0.05, 0) is 17.7 Å². The molecule has 4 nitrogen and oxygen atoms in total. The van der Waals surface area contributed by atoms with Crippen molar-refractivity contribution in [2.75, 3.05) is 0 Å². The standard InChI is InChI=1S/C10H10F3NO3/c11-10(12,13)17-7-3-1-2-6(4-7)8(14)5-9(15)16/h1-4,8H,5,14H2,(H,15,16)/t8-/m1/s1. The topological polar surface area (TPSA) is 72.6 Å². The van der Waals surface area contributed by atoms with Crippen LogP contribution in [0.4, 0.5) is 13.2 Å². The smallest absolute Gasteiger partial charge is 0.481 e. The third-order valence-corrected chi connectivity index (χ3v) is 1.91. The van der Waals surface area contributed by atoms with Crippen LogP contribution in [0.1, 0.15) is 18.0 Å². The Hall–Kier alpha value is -1.76. The van der Waals surface area contributed by atoms with Gasteiger partial charge in [-0.1, -0.05) is 12.1 Å². The lowest BCUT2D eigenvalue weighted by Gasteiger charge is -2.13. The molecule has 0 saturated carbocycles. The van der Waals surface area contributed by atoms with Crippen molar-refractivity contribution in [3.05, 3.63) is 29.8 Å². The van der Waals surface area contributed by atoms with Gasteiger partial charge in [0.15, 0.2) is 0 Å². The zero-order valence-corrected chi connectivity index (χ0v) is 8.57. The van der Waals surface area contributed by atoms with Crippen LogP contribution >= 0.6 is 0 Å². The molecule has 0 saturated heterocycles. The Bertz CT molecular complexity index is 406. The third kappa shape index (κ3) is 4.73. The summed E-state index contributed by atoms with van der Waals surface area (Å²) >= 11 is 0. The average molecular weight is 249 g/mol. The maximum absolute atomic E-state index is 11.9. The molecule has 0 fully saturated rings. The Balaban J connectivity index is 2.82. The summed E-state index contributed by atoms with van der Waals surface area (Å²) < 4.78 is 39.5. The average Bonchev–Trinajstić information content (AvgIpc) is 2.14. The van der Waals surface area contributed by atoms with Crippen LogP contribution in [-0.2, 0) is 4.79 Å². The van der Waals surface area contributed by atoms with Crippen molar-refractivity contribution < 1.29 is 27.8 Å². The Morgan fingerprint density at radius 1 is 1.47 bits per heavy atom. The van der Waals surface area contributed by atoms with E-state index in [-0.39, 0.29) is 12.0 Å². The van der Waals surface area contributed by atoms with Crippen LogP contribution in [-0.4, -0.2) is 17.4 Å². The normalized spacial score (nSPS) is 13.2. The number of hydrogen-bond acceptors (Lipinski definition) is 3. The highest BCUT2D eigenvalue weighted by Crippen LogP contribution is 2.25. The fraction of sp³-hybridized carbons (Fsp3) is 0.300. The summed E-state index contributed by atoms with van der Waals surface area (Å²) in [6.07, 6.45) is -5.15. The van der Waals surface area contributed by atoms with E-state index in [1.54, 1.807) is 0 Å². The number of hydrogen-bond donors (Lipinski definition) is 2. The lowest BCUT2D eigenvalue weighted by Crippen LogP contribution is -2.18. The number of alkyl halides is 3. The molecule has 94 valence electrons. The highest BCUT2D eigenvalue weighted by Gasteiger charge is 2.31. The Morgan fingerprint density at radius 3 is 2.65 bits per heavy atom. The van der Waals surface area contributed by atoms with Gasteiger partial charge in [0, 0.05) is 6.04 Å². The molecule has 0 aromatic heterocycles. The molecule has 1 atom stereocenters. The molecule has 0 radical (unpaired) electrons. The zero-order valence-electron chi connectivity index (χ0n) is 8.57. The molecule has 7 heteroatoms. The minimum absolute atomic E-state index is 0.272. The first-order chi connectivity index (χ1) is 7.78. The molecule has 0 unspecified atom stereocenters. The van der Waals surface area contributed by atoms with Crippen LogP contribution < -0.4 is 10.5 Å². The first-order valence-corrected chi connectivity index (χ1v) is 4.61. The summed E-state index contributed by atoms with van der Waals surface area (Å²) in [7, 11) is 0. The van der Waals surface area contributed by atoms with Gasteiger partial charge in [0.1, 0.15) is 5.75 Å². The predicted molar refractivity (Wildman–Crippen MR) is 52.3 cm³/mol. The van der Waals surface area contributed by atoms with Crippen LogP contribution in [0, 0.1) is 0 Å². The van der Waals surface area contributed by atoms with Crippen molar-refractivity contribution in [3.63, 3.8) is 0 Å². The number of nitrogens with two attached hydrogens (primary N) is 1. The first kappa shape index (κ1) is 13.3. The highest BCUT2D eigenvalue weighted by molar-refractivity contribution is 5.67. The van der Waals surface area contributed by atoms with Crippen LogP contribution in [0.2, 0.25) is 0 Å². The van der Waals surface area contributed by atoms with Crippen LogP contribution in [0.25, 0.3) is 0 Å². The Kier molecular flexibility index (Phi) is 3.95. The highest BCUT2D eigenvalue weighted by atomic mass is 19.4. The molecule has 17 heavy (non-hydrogen) atoms. The van der Waals surface area contributed by atoms with E-state index in [1.165, 1.54) is 12.1 Å². The third-order valence-electron chi connectivity index (χ3n) is 1.91. The van der Waals surface area contributed by atoms with Crippen molar-refractivity contribution in [2.45, 2.75) is 18.8 Å². The number of ether oxygens (including phenoxy) is 1. The minimum Gasteiger partial charge on any atom is -0.481 e. The number of carboxylic acid groups (broad SMARTS) is 1. The number of benzene rings is 1. The molecular weight excluding hydrogens is 239 g/mol. The fourth-order valence-corrected chi connectivity index (χ4v) is 1.25. The Morgan fingerprint density at radius 2 is 2.12 bits per heavy atom. The van der Waals surface area contributed by atoms with Gasteiger partial charge in [-0.15, -0.1) is 13.2 Å². The largest absolute Gasteiger partial charge is 0.573 e. The summed E-state index contributed by atoms with van der Waals surface area (Å²) in [6.45, 7) is 0. The molecule has 1 aromatic carbocycles. The van der Waals surface area contributed by atoms with Crippen molar-refractivity contribution in [1.82, 2.24) is 0 Å². The van der Waals surface area contributed by atoms with Crippen LogP contribution in [0.15, 0.2) is 24.3 Å². The van der Waals surface area contributed by atoms with Gasteiger partial charge in [0.25, 0.3) is 0 Å². The van der Waals surface area contributed by atoms with Crippen LogP contribution in [0.3, 0.4) is 0 Å². The van der Waals surface area contributed by atoms with Crippen molar-refractivity contribution in [2.24, 2.45) is 5.73 Å². The van der Waals surface area contributed by atoms with E-state index < -0.39 is 24.1 Å². The summed E-state index contributed by atoms with van der Waals surface area (Å²) in [4.78, 5) is 10.4. The maximum Gasteiger partial charge on any atom is 0.573 e. The molecule has 0 spiro atoms. The van der Waals surface area contributed by atoms with Gasteiger partial charge >= 0.3 is 12.3 Å². The molecule has 0 aliphatic heterocycles. The van der Waals surface area contributed by atoms with Crippen LogP contribution in [0.5, 0.6) is 5.75 Å². The van der Waals surface area contributed by atoms with Gasteiger partial charge < -0.3 is 15.6 Å². The zero-order chi connectivity index (χ0) is 13.1. The number of rotatable bonds is 4. The van der Waals surface area contributed by atoms with E-state index in [2.05, 4.69) is 4.74 Å². The van der Waals surface area contributed by atoms with Crippen molar-refractivity contribution in [3.8, 4) is 5.75 Å². The van der Waals surface area contributed by atoms with E-state index in [9.17, 15) is 18.0 Å². The van der Waals surface area contributed by atoms with Crippen molar-refractivity contribution >= 4 is 5.97 Å². The molecule has 0 bridgehead atoms. The summed E-state index contributed by atoms with van der Waals surface area (Å²) in [6, 6.07) is 4.07. The van der Waals surface area contributed by atoms with Gasteiger partial charge in [-0.2, -0.15) is 0 Å². The minimum atomic E-state index is -4.78. The molecule has 1 rings (SSSR count). The maximum atomic E-state index is 11.9. The molecule has 3 N–H and O–H groups in total. The SMILES string of the molecule is N[C@H](CC(=O)O)c1cccc(OC(F)(F)F)c1. The van der Waals surface area contributed by atoms with Gasteiger partial charge in [0.2, 0.25) is 0 Å². The quantitative estimate of drug-likeness (QED) is 0.856. The monoisotopic (exact) mass is 249 g/mol. The molecule has 0 heterocycles. The van der Waals surface area contributed by atoms with E-state index in [0.29, 0.717) is 0 Å². The van der Waals surface area contributed by atoms with E-state index in [0.717, 1.165) is 12.1 Å². The molecule has 0 aliphatic carbocycles.